The summed E-state index contributed by atoms with van der Waals surface area (Å²) in [7, 11) is 0. The summed E-state index contributed by atoms with van der Waals surface area (Å²) in [5.74, 6) is -1.51. The number of rotatable bonds is 9. The Labute approximate surface area is 133 Å². The Morgan fingerprint density at radius 2 is 1.67 bits per heavy atom. The third kappa shape index (κ3) is 7.02. The standard InChI is InChI=1S/C16H22BrF2NO/c1-2-3-4-5-6-7-8-9-16(21)20-15-11-13(18)12(17)10-14(15)19/h10-11H,2-9H2,1H3,(H,20,21). The van der Waals surface area contributed by atoms with Gasteiger partial charge in [0.25, 0.3) is 0 Å². The molecule has 0 aliphatic carbocycles. The van der Waals surface area contributed by atoms with Crippen LogP contribution in [-0.2, 0) is 4.79 Å². The van der Waals surface area contributed by atoms with E-state index in [1.807, 2.05) is 0 Å². The number of hydrogen-bond donors (Lipinski definition) is 1. The molecule has 1 aromatic carbocycles. The molecule has 0 radical (unpaired) electrons. The van der Waals surface area contributed by atoms with Crippen molar-refractivity contribution in [2.45, 2.75) is 58.3 Å². The van der Waals surface area contributed by atoms with Gasteiger partial charge in [0.2, 0.25) is 5.91 Å². The largest absolute Gasteiger partial charge is 0.324 e. The van der Waals surface area contributed by atoms with Crippen molar-refractivity contribution in [2.24, 2.45) is 0 Å². The maximum absolute atomic E-state index is 13.5. The summed E-state index contributed by atoms with van der Waals surface area (Å²) in [5, 5.41) is 2.41. The molecule has 0 unspecified atom stereocenters. The molecule has 1 rings (SSSR count). The van der Waals surface area contributed by atoms with Crippen molar-refractivity contribution in [3.05, 3.63) is 28.2 Å². The van der Waals surface area contributed by atoms with E-state index < -0.39 is 11.6 Å². The first-order valence-electron chi connectivity index (χ1n) is 7.49. The van der Waals surface area contributed by atoms with Gasteiger partial charge in [-0.2, -0.15) is 0 Å². The van der Waals surface area contributed by atoms with Crippen molar-refractivity contribution < 1.29 is 13.6 Å². The van der Waals surface area contributed by atoms with Crippen molar-refractivity contribution in [1.29, 1.82) is 0 Å². The molecule has 0 bridgehead atoms. The van der Waals surface area contributed by atoms with Crippen LogP contribution in [0.5, 0.6) is 0 Å². The van der Waals surface area contributed by atoms with Crippen LogP contribution < -0.4 is 5.32 Å². The minimum Gasteiger partial charge on any atom is -0.324 e. The highest BCUT2D eigenvalue weighted by Crippen LogP contribution is 2.23. The van der Waals surface area contributed by atoms with Crippen LogP contribution >= 0.6 is 15.9 Å². The molecule has 0 heterocycles. The molecule has 1 aromatic rings. The van der Waals surface area contributed by atoms with Gasteiger partial charge in [0.05, 0.1) is 10.2 Å². The smallest absolute Gasteiger partial charge is 0.224 e. The van der Waals surface area contributed by atoms with E-state index >= 15 is 0 Å². The van der Waals surface area contributed by atoms with Gasteiger partial charge >= 0.3 is 0 Å². The minimum absolute atomic E-state index is 0.0464. The van der Waals surface area contributed by atoms with Crippen LogP contribution in [0.2, 0.25) is 0 Å². The lowest BCUT2D eigenvalue weighted by Crippen LogP contribution is -2.12. The number of benzene rings is 1. The molecule has 1 amide bonds. The van der Waals surface area contributed by atoms with Crippen LogP contribution in [0.4, 0.5) is 14.5 Å². The third-order valence-electron chi connectivity index (χ3n) is 3.29. The van der Waals surface area contributed by atoms with Crippen LogP contribution in [-0.4, -0.2) is 5.91 Å². The van der Waals surface area contributed by atoms with E-state index in [1.165, 1.54) is 25.7 Å². The van der Waals surface area contributed by atoms with Crippen molar-refractivity contribution in [3.8, 4) is 0 Å². The quantitative estimate of drug-likeness (QED) is 0.436. The molecule has 118 valence electrons. The Balaban J connectivity index is 2.26. The minimum atomic E-state index is -0.642. The molecule has 0 atom stereocenters. The average Bonchev–Trinajstić information content (AvgIpc) is 2.44. The van der Waals surface area contributed by atoms with Crippen molar-refractivity contribution in [1.82, 2.24) is 0 Å². The zero-order valence-electron chi connectivity index (χ0n) is 12.4. The monoisotopic (exact) mass is 361 g/mol. The average molecular weight is 362 g/mol. The van der Waals surface area contributed by atoms with E-state index in [1.54, 1.807) is 0 Å². The van der Waals surface area contributed by atoms with Crippen molar-refractivity contribution in [2.75, 3.05) is 5.32 Å². The van der Waals surface area contributed by atoms with Crippen LogP contribution in [0.25, 0.3) is 0 Å². The van der Waals surface area contributed by atoms with Crippen molar-refractivity contribution in [3.63, 3.8) is 0 Å². The van der Waals surface area contributed by atoms with Crippen LogP contribution in [0.3, 0.4) is 0 Å². The van der Waals surface area contributed by atoms with Crippen molar-refractivity contribution >= 4 is 27.5 Å². The molecule has 0 aliphatic rings. The Morgan fingerprint density at radius 1 is 1.05 bits per heavy atom. The Hall–Kier alpha value is -0.970. The Bertz CT molecular complexity index is 466. The van der Waals surface area contributed by atoms with E-state index in [4.69, 9.17) is 0 Å². The predicted octanol–water partition coefficient (Wildman–Crippen LogP) is 5.81. The summed E-state index contributed by atoms with van der Waals surface area (Å²) in [4.78, 5) is 11.7. The number of carbonyl (C=O) groups excluding carboxylic acids is 1. The third-order valence-corrected chi connectivity index (χ3v) is 3.90. The first-order valence-corrected chi connectivity index (χ1v) is 8.28. The first kappa shape index (κ1) is 18.1. The number of hydrogen-bond acceptors (Lipinski definition) is 1. The summed E-state index contributed by atoms with van der Waals surface area (Å²) in [6.45, 7) is 2.18. The number of carbonyl (C=O) groups is 1. The van der Waals surface area contributed by atoms with Gasteiger partial charge in [-0.3, -0.25) is 4.79 Å². The molecule has 0 fully saturated rings. The fourth-order valence-electron chi connectivity index (χ4n) is 2.07. The van der Waals surface area contributed by atoms with Gasteiger partial charge in [0, 0.05) is 12.5 Å². The second-order valence-electron chi connectivity index (χ2n) is 5.17. The normalized spacial score (nSPS) is 10.7. The first-order chi connectivity index (χ1) is 10.0. The highest BCUT2D eigenvalue weighted by atomic mass is 79.9. The van der Waals surface area contributed by atoms with Gasteiger partial charge < -0.3 is 5.32 Å². The number of unbranched alkanes of at least 4 members (excludes halogenated alkanes) is 6. The van der Waals surface area contributed by atoms with E-state index in [2.05, 4.69) is 28.2 Å². The van der Waals surface area contributed by atoms with Gasteiger partial charge in [-0.05, 0) is 28.4 Å². The van der Waals surface area contributed by atoms with E-state index in [0.717, 1.165) is 31.4 Å². The molecule has 1 N–H and O–H groups in total. The summed E-state index contributed by atoms with van der Waals surface area (Å²) in [5.41, 5.74) is -0.108. The number of amides is 1. The lowest BCUT2D eigenvalue weighted by Gasteiger charge is -2.07. The molecule has 5 heteroatoms. The summed E-state index contributed by atoms with van der Waals surface area (Å²) in [6.07, 6.45) is 8.15. The fourth-order valence-corrected chi connectivity index (χ4v) is 2.39. The molecule has 0 spiro atoms. The van der Waals surface area contributed by atoms with Gasteiger partial charge in [-0.15, -0.1) is 0 Å². The van der Waals surface area contributed by atoms with Crippen LogP contribution in [0, 0.1) is 11.6 Å². The van der Waals surface area contributed by atoms with Gasteiger partial charge in [-0.1, -0.05) is 45.4 Å². The van der Waals surface area contributed by atoms with Crippen LogP contribution in [0.15, 0.2) is 16.6 Å². The molecule has 0 saturated heterocycles. The molecule has 0 aliphatic heterocycles. The van der Waals surface area contributed by atoms with Gasteiger partial charge in [-0.25, -0.2) is 8.78 Å². The zero-order valence-corrected chi connectivity index (χ0v) is 13.9. The lowest BCUT2D eigenvalue weighted by molar-refractivity contribution is -0.116. The lowest BCUT2D eigenvalue weighted by atomic mass is 10.1. The highest BCUT2D eigenvalue weighted by Gasteiger charge is 2.10. The van der Waals surface area contributed by atoms with Crippen LogP contribution in [0.1, 0.15) is 58.3 Å². The summed E-state index contributed by atoms with van der Waals surface area (Å²) in [6, 6.07) is 2.00. The summed E-state index contributed by atoms with van der Waals surface area (Å²) >= 11 is 2.90. The molecule has 0 aromatic heterocycles. The Kier molecular flexibility index (Phi) is 8.50. The van der Waals surface area contributed by atoms with E-state index in [0.29, 0.717) is 6.42 Å². The number of nitrogens with one attached hydrogen (secondary N) is 1. The zero-order chi connectivity index (χ0) is 15.7. The SMILES string of the molecule is CCCCCCCCCC(=O)Nc1cc(F)c(Br)cc1F. The number of anilines is 1. The van der Waals surface area contributed by atoms with Gasteiger partial charge in [0.1, 0.15) is 11.6 Å². The maximum Gasteiger partial charge on any atom is 0.224 e. The topological polar surface area (TPSA) is 29.1 Å². The molecule has 0 saturated carbocycles. The second-order valence-corrected chi connectivity index (χ2v) is 6.02. The molecule has 2 nitrogen and oxygen atoms in total. The second kappa shape index (κ2) is 9.87. The van der Waals surface area contributed by atoms with Gasteiger partial charge in [0.15, 0.2) is 0 Å². The number of halogens is 3. The predicted molar refractivity (Wildman–Crippen MR) is 85.3 cm³/mol. The molecular weight excluding hydrogens is 340 g/mol. The summed E-state index contributed by atoms with van der Waals surface area (Å²) < 4.78 is 26.9. The highest BCUT2D eigenvalue weighted by molar-refractivity contribution is 9.10. The molecular formula is C16H22BrF2NO. The molecule has 21 heavy (non-hydrogen) atoms. The van der Waals surface area contributed by atoms with E-state index in [9.17, 15) is 13.6 Å². The Morgan fingerprint density at radius 3 is 2.33 bits per heavy atom. The maximum atomic E-state index is 13.5. The van der Waals surface area contributed by atoms with E-state index in [-0.39, 0.29) is 16.1 Å². The fraction of sp³-hybridized carbons (Fsp3) is 0.562.